The van der Waals surface area contributed by atoms with Crippen LogP contribution in [0.4, 0.5) is 4.39 Å². The molecule has 1 rings (SSSR count). The van der Waals surface area contributed by atoms with E-state index in [0.717, 1.165) is 6.07 Å². The van der Waals surface area contributed by atoms with E-state index in [0.29, 0.717) is 12.2 Å². The van der Waals surface area contributed by atoms with Gasteiger partial charge in [0, 0.05) is 5.56 Å². The fraction of sp³-hybridized carbons (Fsp3) is 0.333. The molecule has 0 aliphatic carbocycles. The highest BCUT2D eigenvalue weighted by Crippen LogP contribution is 2.16. The van der Waals surface area contributed by atoms with Crippen molar-refractivity contribution in [2.45, 2.75) is 12.5 Å². The first kappa shape index (κ1) is 16.0. The Kier molecular flexibility index (Phi) is 6.30. The lowest BCUT2D eigenvalue weighted by molar-refractivity contribution is -0.139. The van der Waals surface area contributed by atoms with Gasteiger partial charge in [-0.3, -0.25) is 4.79 Å². The highest BCUT2D eigenvalue weighted by molar-refractivity contribution is 9.10. The third kappa shape index (κ3) is 4.83. The number of benzene rings is 1. The number of rotatable bonds is 6. The molecule has 0 saturated heterocycles. The standard InChI is InChI=1S/C12H13BrFNO3S/c1-19-5-4-10(12(17)18)15-11(16)7-2-3-8(13)9(14)6-7/h2-3,6,10H,4-5H2,1H3,(H,15,16)(H,17,18)/t10-/m0/s1. The number of hydrogen-bond acceptors (Lipinski definition) is 3. The molecule has 1 aromatic carbocycles. The van der Waals surface area contributed by atoms with Crippen LogP contribution >= 0.6 is 27.7 Å². The summed E-state index contributed by atoms with van der Waals surface area (Å²) in [5, 5.41) is 11.4. The SMILES string of the molecule is CSCC[C@H](NC(=O)c1ccc(Br)c(F)c1)C(=O)O. The van der Waals surface area contributed by atoms with Crippen LogP contribution in [0.2, 0.25) is 0 Å². The van der Waals surface area contributed by atoms with E-state index in [-0.39, 0.29) is 10.0 Å². The summed E-state index contributed by atoms with van der Waals surface area (Å²) in [5.74, 6) is -1.64. The van der Waals surface area contributed by atoms with Gasteiger partial charge in [0.05, 0.1) is 4.47 Å². The molecule has 0 aromatic heterocycles. The van der Waals surface area contributed by atoms with Gasteiger partial charge in [-0.25, -0.2) is 9.18 Å². The van der Waals surface area contributed by atoms with E-state index < -0.39 is 23.7 Å². The van der Waals surface area contributed by atoms with E-state index in [9.17, 15) is 14.0 Å². The van der Waals surface area contributed by atoms with Crippen LogP contribution < -0.4 is 5.32 Å². The number of nitrogens with one attached hydrogen (secondary N) is 1. The Morgan fingerprint density at radius 2 is 2.21 bits per heavy atom. The van der Waals surface area contributed by atoms with Crippen molar-refractivity contribution in [1.29, 1.82) is 0 Å². The lowest BCUT2D eigenvalue weighted by Crippen LogP contribution is -2.41. The Morgan fingerprint density at radius 3 is 2.74 bits per heavy atom. The number of hydrogen-bond donors (Lipinski definition) is 2. The third-order valence-electron chi connectivity index (χ3n) is 2.40. The molecule has 0 bridgehead atoms. The summed E-state index contributed by atoms with van der Waals surface area (Å²) in [6, 6.07) is 2.93. The largest absolute Gasteiger partial charge is 0.480 e. The van der Waals surface area contributed by atoms with Gasteiger partial charge in [0.1, 0.15) is 11.9 Å². The smallest absolute Gasteiger partial charge is 0.326 e. The number of halogens is 2. The van der Waals surface area contributed by atoms with Crippen LogP contribution in [0.15, 0.2) is 22.7 Å². The van der Waals surface area contributed by atoms with Crippen molar-refractivity contribution in [3.05, 3.63) is 34.1 Å². The molecule has 0 unspecified atom stereocenters. The molecule has 0 saturated carbocycles. The number of carbonyl (C=O) groups is 2. The molecule has 19 heavy (non-hydrogen) atoms. The molecule has 0 radical (unpaired) electrons. The van der Waals surface area contributed by atoms with Gasteiger partial charge in [-0.15, -0.1) is 0 Å². The molecule has 0 heterocycles. The Bertz CT molecular complexity index is 484. The molecular formula is C12H13BrFNO3S. The van der Waals surface area contributed by atoms with Gasteiger partial charge in [0.2, 0.25) is 0 Å². The Hall–Kier alpha value is -1.08. The first-order valence-corrected chi connectivity index (χ1v) is 7.62. The Balaban J connectivity index is 2.75. The van der Waals surface area contributed by atoms with E-state index in [1.807, 2.05) is 6.26 Å². The van der Waals surface area contributed by atoms with Crippen molar-refractivity contribution in [2.24, 2.45) is 0 Å². The molecule has 7 heteroatoms. The summed E-state index contributed by atoms with van der Waals surface area (Å²) in [6.07, 6.45) is 2.17. The molecule has 0 spiro atoms. The predicted octanol–water partition coefficient (Wildman–Crippen LogP) is 2.52. The molecule has 4 nitrogen and oxygen atoms in total. The minimum absolute atomic E-state index is 0.0936. The number of amides is 1. The molecule has 0 aliphatic rings. The first-order chi connectivity index (χ1) is 8.95. The maximum atomic E-state index is 13.3. The zero-order valence-corrected chi connectivity index (χ0v) is 12.6. The molecule has 1 aromatic rings. The maximum Gasteiger partial charge on any atom is 0.326 e. The lowest BCUT2D eigenvalue weighted by atomic mass is 10.1. The summed E-state index contributed by atoms with van der Waals surface area (Å²) in [4.78, 5) is 22.8. The highest BCUT2D eigenvalue weighted by Gasteiger charge is 2.20. The quantitative estimate of drug-likeness (QED) is 0.828. The third-order valence-corrected chi connectivity index (χ3v) is 3.68. The average Bonchev–Trinajstić information content (AvgIpc) is 2.37. The average molecular weight is 350 g/mol. The molecule has 1 amide bonds. The normalized spacial score (nSPS) is 11.9. The monoisotopic (exact) mass is 349 g/mol. The fourth-order valence-electron chi connectivity index (χ4n) is 1.37. The lowest BCUT2D eigenvalue weighted by Gasteiger charge is -2.14. The fourth-order valence-corrected chi connectivity index (χ4v) is 2.09. The van der Waals surface area contributed by atoms with Gasteiger partial charge < -0.3 is 10.4 Å². The van der Waals surface area contributed by atoms with Crippen LogP contribution in [-0.2, 0) is 4.79 Å². The van der Waals surface area contributed by atoms with Crippen LogP contribution in [0.3, 0.4) is 0 Å². The van der Waals surface area contributed by atoms with Gasteiger partial charge in [0.15, 0.2) is 0 Å². The van der Waals surface area contributed by atoms with Crippen LogP contribution in [0.25, 0.3) is 0 Å². The number of carbonyl (C=O) groups excluding carboxylic acids is 1. The van der Waals surface area contributed by atoms with E-state index in [4.69, 9.17) is 5.11 Å². The minimum Gasteiger partial charge on any atom is -0.480 e. The topological polar surface area (TPSA) is 66.4 Å². The van der Waals surface area contributed by atoms with Crippen LogP contribution in [0.1, 0.15) is 16.8 Å². The number of aliphatic carboxylic acids is 1. The van der Waals surface area contributed by atoms with E-state index in [1.54, 1.807) is 0 Å². The van der Waals surface area contributed by atoms with Crippen molar-refractivity contribution in [2.75, 3.05) is 12.0 Å². The molecule has 1 atom stereocenters. The summed E-state index contributed by atoms with van der Waals surface area (Å²) in [5.41, 5.74) is 0.0936. The zero-order valence-electron chi connectivity index (χ0n) is 10.2. The molecule has 2 N–H and O–H groups in total. The number of carboxylic acids is 1. The number of thioether (sulfide) groups is 1. The Morgan fingerprint density at radius 1 is 1.53 bits per heavy atom. The van der Waals surface area contributed by atoms with Gasteiger partial charge >= 0.3 is 5.97 Å². The van der Waals surface area contributed by atoms with Crippen molar-refractivity contribution >= 4 is 39.6 Å². The summed E-state index contributed by atoms with van der Waals surface area (Å²) >= 11 is 4.48. The first-order valence-electron chi connectivity index (χ1n) is 5.43. The number of carboxylic acid groups (broad SMARTS) is 1. The zero-order chi connectivity index (χ0) is 14.4. The summed E-state index contributed by atoms with van der Waals surface area (Å²) in [6.45, 7) is 0. The van der Waals surface area contributed by atoms with Gasteiger partial charge in [-0.1, -0.05) is 0 Å². The second-order valence-corrected chi connectivity index (χ2v) is 5.61. The highest BCUT2D eigenvalue weighted by atomic mass is 79.9. The molecule has 0 fully saturated rings. The summed E-state index contributed by atoms with van der Waals surface area (Å²) in [7, 11) is 0. The van der Waals surface area contributed by atoms with E-state index in [2.05, 4.69) is 21.2 Å². The summed E-state index contributed by atoms with van der Waals surface area (Å²) < 4.78 is 13.5. The van der Waals surface area contributed by atoms with Crippen molar-refractivity contribution in [3.63, 3.8) is 0 Å². The van der Waals surface area contributed by atoms with Gasteiger partial charge in [0.25, 0.3) is 5.91 Å². The van der Waals surface area contributed by atoms with Crippen LogP contribution in [0, 0.1) is 5.82 Å². The molecule has 0 aliphatic heterocycles. The second kappa shape index (κ2) is 7.49. The van der Waals surface area contributed by atoms with Gasteiger partial charge in [-0.05, 0) is 52.6 Å². The van der Waals surface area contributed by atoms with Crippen molar-refractivity contribution in [1.82, 2.24) is 5.32 Å². The van der Waals surface area contributed by atoms with E-state index >= 15 is 0 Å². The Labute approximate surface area is 122 Å². The minimum atomic E-state index is -1.10. The van der Waals surface area contributed by atoms with Crippen LogP contribution in [0.5, 0.6) is 0 Å². The molecular weight excluding hydrogens is 337 g/mol. The van der Waals surface area contributed by atoms with E-state index in [1.165, 1.54) is 23.9 Å². The van der Waals surface area contributed by atoms with Crippen LogP contribution in [-0.4, -0.2) is 35.0 Å². The maximum absolute atomic E-state index is 13.3. The predicted molar refractivity (Wildman–Crippen MR) is 76.0 cm³/mol. The van der Waals surface area contributed by atoms with Crippen molar-refractivity contribution < 1.29 is 19.1 Å². The van der Waals surface area contributed by atoms with Gasteiger partial charge in [-0.2, -0.15) is 11.8 Å². The second-order valence-electron chi connectivity index (χ2n) is 3.77. The van der Waals surface area contributed by atoms with Crippen molar-refractivity contribution in [3.8, 4) is 0 Å². The molecule has 104 valence electrons.